The van der Waals surface area contributed by atoms with Crippen LogP contribution in [0.4, 0.5) is 9.18 Å². The Morgan fingerprint density at radius 1 is 1.18 bits per heavy atom. The number of carbonyl (C=O) groups is 2. The zero-order valence-corrected chi connectivity index (χ0v) is 16.9. The van der Waals surface area contributed by atoms with Crippen molar-refractivity contribution in [1.82, 2.24) is 15.1 Å². The van der Waals surface area contributed by atoms with E-state index in [-0.39, 0.29) is 17.8 Å². The molecule has 1 saturated heterocycles. The molecule has 0 unspecified atom stereocenters. The molecular formula is C21H30FN3O3. The molecule has 0 bridgehead atoms. The molecule has 1 heterocycles. The van der Waals surface area contributed by atoms with E-state index in [1.165, 1.54) is 18.2 Å². The average molecular weight is 391 g/mol. The molecule has 6 nitrogen and oxygen atoms in total. The summed E-state index contributed by atoms with van der Waals surface area (Å²) in [5.74, 6) is -0.588. The van der Waals surface area contributed by atoms with Crippen LogP contribution in [0.5, 0.6) is 0 Å². The van der Waals surface area contributed by atoms with Gasteiger partial charge in [0.15, 0.2) is 0 Å². The van der Waals surface area contributed by atoms with Gasteiger partial charge in [0.1, 0.15) is 11.4 Å². The Kier molecular flexibility index (Phi) is 7.99. The van der Waals surface area contributed by atoms with E-state index in [1.807, 2.05) is 20.8 Å². The number of hydrogen-bond donors (Lipinski definition) is 1. The zero-order valence-electron chi connectivity index (χ0n) is 16.9. The van der Waals surface area contributed by atoms with E-state index in [2.05, 4.69) is 10.2 Å². The molecule has 1 aliphatic rings. The lowest BCUT2D eigenvalue weighted by atomic mass is 10.2. The first kappa shape index (κ1) is 21.9. The number of ether oxygens (including phenoxy) is 1. The van der Waals surface area contributed by atoms with Crippen molar-refractivity contribution in [2.24, 2.45) is 0 Å². The van der Waals surface area contributed by atoms with Crippen molar-refractivity contribution in [3.63, 3.8) is 0 Å². The summed E-state index contributed by atoms with van der Waals surface area (Å²) in [6.07, 6.45) is 3.37. The summed E-state index contributed by atoms with van der Waals surface area (Å²) in [6, 6.07) is 6.32. The second-order valence-electron chi connectivity index (χ2n) is 7.81. The zero-order chi connectivity index (χ0) is 20.6. The summed E-state index contributed by atoms with van der Waals surface area (Å²) in [4.78, 5) is 27.9. The quantitative estimate of drug-likeness (QED) is 0.598. The summed E-state index contributed by atoms with van der Waals surface area (Å²) in [5.41, 5.74) is -0.0897. The van der Waals surface area contributed by atoms with Crippen molar-refractivity contribution in [3.8, 4) is 0 Å². The fourth-order valence-corrected chi connectivity index (χ4v) is 2.83. The van der Waals surface area contributed by atoms with Gasteiger partial charge in [0.05, 0.1) is 0 Å². The molecule has 1 aliphatic heterocycles. The standard InChI is InChI=1S/C21H30FN3O3/c1-21(2,3)28-20(27)25-15-13-24(14-16-25)12-6-11-23-19(26)10-9-17-7-4-5-8-18(17)22/h4-5,7-10H,6,11-16H2,1-3H3,(H,23,26). The minimum atomic E-state index is -0.479. The minimum absolute atomic E-state index is 0.238. The van der Waals surface area contributed by atoms with Gasteiger partial charge in [-0.2, -0.15) is 0 Å². The molecule has 1 N–H and O–H groups in total. The Balaban J connectivity index is 1.61. The van der Waals surface area contributed by atoms with Gasteiger partial charge >= 0.3 is 6.09 Å². The highest BCUT2D eigenvalue weighted by atomic mass is 19.1. The van der Waals surface area contributed by atoms with Gasteiger partial charge in [-0.25, -0.2) is 9.18 Å². The fraction of sp³-hybridized carbons (Fsp3) is 0.524. The van der Waals surface area contributed by atoms with Crippen LogP contribution in [0.25, 0.3) is 6.08 Å². The van der Waals surface area contributed by atoms with Crippen LogP contribution in [-0.4, -0.2) is 66.7 Å². The number of piperazine rings is 1. The van der Waals surface area contributed by atoms with E-state index in [0.29, 0.717) is 25.2 Å². The van der Waals surface area contributed by atoms with Gasteiger partial charge in [-0.1, -0.05) is 18.2 Å². The van der Waals surface area contributed by atoms with E-state index in [0.717, 1.165) is 26.1 Å². The number of hydrogen-bond acceptors (Lipinski definition) is 4. The van der Waals surface area contributed by atoms with Crippen LogP contribution in [-0.2, 0) is 9.53 Å². The maximum atomic E-state index is 13.5. The number of halogens is 1. The molecule has 2 rings (SSSR count). The van der Waals surface area contributed by atoms with Gasteiger partial charge in [-0.05, 0) is 45.9 Å². The van der Waals surface area contributed by atoms with Crippen LogP contribution in [0.1, 0.15) is 32.8 Å². The normalized spacial score (nSPS) is 15.6. The minimum Gasteiger partial charge on any atom is -0.444 e. The van der Waals surface area contributed by atoms with Gasteiger partial charge < -0.3 is 15.0 Å². The van der Waals surface area contributed by atoms with E-state index >= 15 is 0 Å². The summed E-state index contributed by atoms with van der Waals surface area (Å²) >= 11 is 0. The van der Waals surface area contributed by atoms with Crippen LogP contribution in [0.3, 0.4) is 0 Å². The lowest BCUT2D eigenvalue weighted by Gasteiger charge is -2.35. The number of nitrogens with one attached hydrogen (secondary N) is 1. The predicted molar refractivity (Wildman–Crippen MR) is 107 cm³/mol. The van der Waals surface area contributed by atoms with E-state index in [4.69, 9.17) is 4.74 Å². The van der Waals surface area contributed by atoms with Crippen molar-refractivity contribution in [1.29, 1.82) is 0 Å². The van der Waals surface area contributed by atoms with Crippen molar-refractivity contribution in [3.05, 3.63) is 41.7 Å². The molecule has 1 fully saturated rings. The Labute approximate surface area is 166 Å². The van der Waals surface area contributed by atoms with Crippen LogP contribution >= 0.6 is 0 Å². The number of amides is 2. The second-order valence-corrected chi connectivity index (χ2v) is 7.81. The first-order valence-corrected chi connectivity index (χ1v) is 9.65. The highest BCUT2D eigenvalue weighted by Crippen LogP contribution is 2.12. The number of carbonyl (C=O) groups excluding carboxylic acids is 2. The number of benzene rings is 1. The third-order valence-electron chi connectivity index (χ3n) is 4.29. The molecule has 0 radical (unpaired) electrons. The van der Waals surface area contributed by atoms with Gasteiger partial charge in [0.25, 0.3) is 0 Å². The molecule has 1 aromatic rings. The first-order valence-electron chi connectivity index (χ1n) is 9.65. The Bertz CT molecular complexity index is 692. The van der Waals surface area contributed by atoms with E-state index in [9.17, 15) is 14.0 Å². The monoisotopic (exact) mass is 391 g/mol. The van der Waals surface area contributed by atoms with Gasteiger partial charge in [-0.3, -0.25) is 9.69 Å². The second kappa shape index (κ2) is 10.2. The third-order valence-corrected chi connectivity index (χ3v) is 4.29. The van der Waals surface area contributed by atoms with Crippen molar-refractivity contribution in [2.75, 3.05) is 39.3 Å². The summed E-state index contributed by atoms with van der Waals surface area (Å²) in [7, 11) is 0. The highest BCUT2D eigenvalue weighted by Gasteiger charge is 2.25. The van der Waals surface area contributed by atoms with Crippen LogP contribution < -0.4 is 5.32 Å². The summed E-state index contributed by atoms with van der Waals surface area (Å²) < 4.78 is 18.9. The van der Waals surface area contributed by atoms with Crippen LogP contribution in [0, 0.1) is 5.82 Å². The number of rotatable bonds is 6. The molecule has 0 saturated carbocycles. The van der Waals surface area contributed by atoms with Crippen LogP contribution in [0.15, 0.2) is 30.3 Å². The molecule has 154 valence electrons. The van der Waals surface area contributed by atoms with Gasteiger partial charge in [0, 0.05) is 44.4 Å². The Morgan fingerprint density at radius 3 is 2.50 bits per heavy atom. The summed E-state index contributed by atoms with van der Waals surface area (Å²) in [6.45, 7) is 9.86. The maximum Gasteiger partial charge on any atom is 0.410 e. The van der Waals surface area contributed by atoms with Crippen molar-refractivity contribution in [2.45, 2.75) is 32.8 Å². The molecule has 2 amide bonds. The lowest BCUT2D eigenvalue weighted by molar-refractivity contribution is -0.116. The largest absolute Gasteiger partial charge is 0.444 e. The molecular weight excluding hydrogens is 361 g/mol. The maximum absolute atomic E-state index is 13.5. The Hall–Kier alpha value is -2.41. The predicted octanol–water partition coefficient (Wildman–Crippen LogP) is 2.90. The molecule has 0 aromatic heterocycles. The van der Waals surface area contributed by atoms with Crippen molar-refractivity contribution >= 4 is 18.1 Å². The summed E-state index contributed by atoms with van der Waals surface area (Å²) in [5, 5.41) is 2.81. The highest BCUT2D eigenvalue weighted by molar-refractivity contribution is 5.91. The molecule has 28 heavy (non-hydrogen) atoms. The molecule has 7 heteroatoms. The first-order chi connectivity index (χ1) is 13.2. The molecule has 0 aliphatic carbocycles. The smallest absolute Gasteiger partial charge is 0.410 e. The third kappa shape index (κ3) is 7.68. The fourth-order valence-electron chi connectivity index (χ4n) is 2.83. The number of nitrogens with zero attached hydrogens (tertiary/aromatic N) is 2. The molecule has 1 aromatic carbocycles. The lowest BCUT2D eigenvalue weighted by Crippen LogP contribution is -2.50. The topological polar surface area (TPSA) is 61.9 Å². The molecule has 0 atom stereocenters. The SMILES string of the molecule is CC(C)(C)OC(=O)N1CCN(CCCNC(=O)C=Cc2ccccc2F)CC1. The Morgan fingerprint density at radius 2 is 1.86 bits per heavy atom. The van der Waals surface area contributed by atoms with E-state index < -0.39 is 5.60 Å². The van der Waals surface area contributed by atoms with Gasteiger partial charge in [0.2, 0.25) is 5.91 Å². The average Bonchev–Trinajstić information content (AvgIpc) is 2.63. The van der Waals surface area contributed by atoms with E-state index in [1.54, 1.807) is 23.1 Å². The van der Waals surface area contributed by atoms with Crippen LogP contribution in [0.2, 0.25) is 0 Å². The van der Waals surface area contributed by atoms with Crippen molar-refractivity contribution < 1.29 is 18.7 Å². The molecule has 0 spiro atoms. The van der Waals surface area contributed by atoms with Gasteiger partial charge in [-0.15, -0.1) is 0 Å².